The van der Waals surface area contributed by atoms with E-state index in [1.165, 1.54) is 0 Å². The lowest BCUT2D eigenvalue weighted by atomic mass is 10.0. The van der Waals surface area contributed by atoms with Crippen molar-refractivity contribution in [2.45, 2.75) is 19.4 Å². The van der Waals surface area contributed by atoms with Crippen LogP contribution in [0.1, 0.15) is 23.9 Å². The number of benzene rings is 2. The van der Waals surface area contributed by atoms with E-state index in [-0.39, 0.29) is 6.04 Å². The molecule has 1 N–H and O–H groups in total. The van der Waals surface area contributed by atoms with Crippen molar-refractivity contribution in [1.29, 1.82) is 0 Å². The van der Waals surface area contributed by atoms with Gasteiger partial charge in [-0.1, -0.05) is 41.9 Å². The van der Waals surface area contributed by atoms with Crippen molar-refractivity contribution in [2.24, 2.45) is 0 Å². The Kier molecular flexibility index (Phi) is 4.28. The number of anilines is 1. The van der Waals surface area contributed by atoms with Crippen LogP contribution in [0.2, 0.25) is 5.02 Å². The highest BCUT2D eigenvalue weighted by molar-refractivity contribution is 6.30. The number of nitrogens with zero attached hydrogens (tertiary/aromatic N) is 2. The van der Waals surface area contributed by atoms with Crippen molar-refractivity contribution < 1.29 is 4.74 Å². The van der Waals surface area contributed by atoms with Crippen LogP contribution < -0.4 is 10.1 Å². The summed E-state index contributed by atoms with van der Waals surface area (Å²) in [6.45, 7) is 2.58. The van der Waals surface area contributed by atoms with Crippen molar-refractivity contribution in [3.63, 3.8) is 0 Å². The van der Waals surface area contributed by atoms with E-state index in [1.807, 2.05) is 49.4 Å². The Balaban J connectivity index is 1.66. The van der Waals surface area contributed by atoms with Gasteiger partial charge in [0.05, 0.1) is 18.3 Å². The number of fused-ring (bicyclic) bond motifs is 1. The largest absolute Gasteiger partial charge is 0.493 e. The van der Waals surface area contributed by atoms with Crippen LogP contribution in [0.15, 0.2) is 54.6 Å². The topological polar surface area (TPSA) is 47.0 Å². The molecule has 3 aromatic rings. The maximum absolute atomic E-state index is 6.17. The van der Waals surface area contributed by atoms with Crippen LogP contribution in [-0.4, -0.2) is 16.6 Å². The molecule has 0 spiro atoms. The van der Waals surface area contributed by atoms with Crippen LogP contribution in [0.4, 0.5) is 5.82 Å². The normalized spacial score (nSPS) is 16.0. The first kappa shape index (κ1) is 15.9. The molecule has 1 aliphatic heterocycles. The maximum Gasteiger partial charge on any atom is 0.130 e. The van der Waals surface area contributed by atoms with Gasteiger partial charge in [-0.25, -0.2) is 9.97 Å². The number of rotatable bonds is 3. The van der Waals surface area contributed by atoms with Crippen LogP contribution in [0.3, 0.4) is 0 Å². The van der Waals surface area contributed by atoms with Gasteiger partial charge in [0, 0.05) is 28.6 Å². The molecule has 0 saturated carbocycles. The molecule has 1 unspecified atom stereocenters. The monoisotopic (exact) mass is 351 g/mol. The molecule has 1 aromatic heterocycles. The highest BCUT2D eigenvalue weighted by atomic mass is 35.5. The molecule has 4 nitrogen and oxygen atoms in total. The van der Waals surface area contributed by atoms with E-state index in [0.29, 0.717) is 11.6 Å². The summed E-state index contributed by atoms with van der Waals surface area (Å²) in [6.07, 6.45) is 0.858. The van der Waals surface area contributed by atoms with Gasteiger partial charge in [-0.2, -0.15) is 0 Å². The van der Waals surface area contributed by atoms with Gasteiger partial charge in [-0.15, -0.1) is 0 Å². The Bertz CT molecular complexity index is 899. The average Bonchev–Trinajstić information content (AvgIpc) is 2.62. The summed E-state index contributed by atoms with van der Waals surface area (Å²) in [5, 5.41) is 4.23. The summed E-state index contributed by atoms with van der Waals surface area (Å²) >= 11 is 6.17. The van der Waals surface area contributed by atoms with Gasteiger partial charge >= 0.3 is 0 Å². The lowest BCUT2D eigenvalue weighted by molar-refractivity contribution is 0.274. The molecule has 0 aliphatic carbocycles. The zero-order chi connectivity index (χ0) is 17.2. The molecule has 25 heavy (non-hydrogen) atoms. The standard InChI is InChI=1S/C20H18ClN3O/c1-13-22-18(14-5-3-2-4-6-14)12-20(23-13)24-17-9-10-25-19-8-7-15(21)11-16(17)19/h2-8,11-12,17H,9-10H2,1H3,(H,22,23,24). The molecule has 0 bridgehead atoms. The molecule has 2 heterocycles. The SMILES string of the molecule is Cc1nc(NC2CCOc3ccc(Cl)cc32)cc(-c2ccccc2)n1. The number of aromatic nitrogens is 2. The van der Waals surface area contributed by atoms with Gasteiger partial charge < -0.3 is 10.1 Å². The average molecular weight is 352 g/mol. The van der Waals surface area contributed by atoms with Gasteiger partial charge in [-0.3, -0.25) is 0 Å². The quantitative estimate of drug-likeness (QED) is 0.718. The second kappa shape index (κ2) is 6.73. The fourth-order valence-corrected chi connectivity index (χ4v) is 3.27. The molecular formula is C20H18ClN3O. The first-order valence-electron chi connectivity index (χ1n) is 8.29. The van der Waals surface area contributed by atoms with E-state index in [4.69, 9.17) is 16.3 Å². The molecule has 1 atom stereocenters. The van der Waals surface area contributed by atoms with Crippen molar-refractivity contribution in [2.75, 3.05) is 11.9 Å². The third-order valence-corrected chi connectivity index (χ3v) is 4.48. The Morgan fingerprint density at radius 2 is 1.92 bits per heavy atom. The summed E-state index contributed by atoms with van der Waals surface area (Å²) in [6, 6.07) is 18.0. The number of hydrogen-bond donors (Lipinski definition) is 1. The molecule has 126 valence electrons. The minimum atomic E-state index is 0.111. The van der Waals surface area contributed by atoms with Gasteiger partial charge in [0.1, 0.15) is 17.4 Å². The molecule has 2 aromatic carbocycles. The zero-order valence-electron chi connectivity index (χ0n) is 13.9. The molecule has 0 amide bonds. The highest BCUT2D eigenvalue weighted by Crippen LogP contribution is 2.36. The summed E-state index contributed by atoms with van der Waals surface area (Å²) in [7, 11) is 0. The Morgan fingerprint density at radius 3 is 2.76 bits per heavy atom. The number of ether oxygens (including phenoxy) is 1. The van der Waals surface area contributed by atoms with E-state index in [0.717, 1.165) is 40.6 Å². The van der Waals surface area contributed by atoms with Gasteiger partial charge in [-0.05, 0) is 25.1 Å². The van der Waals surface area contributed by atoms with Gasteiger partial charge in [0.2, 0.25) is 0 Å². The van der Waals surface area contributed by atoms with E-state index in [1.54, 1.807) is 0 Å². The molecule has 1 aliphatic rings. The van der Waals surface area contributed by atoms with Crippen LogP contribution >= 0.6 is 11.6 Å². The number of nitrogens with one attached hydrogen (secondary N) is 1. The molecule has 0 fully saturated rings. The first-order chi connectivity index (χ1) is 12.2. The van der Waals surface area contributed by atoms with E-state index in [2.05, 4.69) is 27.4 Å². The second-order valence-electron chi connectivity index (χ2n) is 6.07. The third kappa shape index (κ3) is 3.44. The third-order valence-electron chi connectivity index (χ3n) is 4.24. The number of hydrogen-bond acceptors (Lipinski definition) is 4. The van der Waals surface area contributed by atoms with E-state index < -0.39 is 0 Å². The predicted molar refractivity (Wildman–Crippen MR) is 100 cm³/mol. The molecule has 4 rings (SSSR count). The van der Waals surface area contributed by atoms with Gasteiger partial charge in [0.15, 0.2) is 0 Å². The van der Waals surface area contributed by atoms with Crippen LogP contribution in [0.5, 0.6) is 5.75 Å². The Morgan fingerprint density at radius 1 is 1.08 bits per heavy atom. The minimum Gasteiger partial charge on any atom is -0.493 e. The van der Waals surface area contributed by atoms with E-state index >= 15 is 0 Å². The van der Waals surface area contributed by atoms with Crippen LogP contribution in [-0.2, 0) is 0 Å². The van der Waals surface area contributed by atoms with Crippen molar-refractivity contribution in [3.8, 4) is 17.0 Å². The fraction of sp³-hybridized carbons (Fsp3) is 0.200. The minimum absolute atomic E-state index is 0.111. The molecular weight excluding hydrogens is 334 g/mol. The fourth-order valence-electron chi connectivity index (χ4n) is 3.09. The lowest BCUT2D eigenvalue weighted by Crippen LogP contribution is -2.21. The first-order valence-corrected chi connectivity index (χ1v) is 8.67. The van der Waals surface area contributed by atoms with Crippen LogP contribution in [0, 0.1) is 6.92 Å². The van der Waals surface area contributed by atoms with Crippen molar-refractivity contribution in [3.05, 3.63) is 71.0 Å². The summed E-state index contributed by atoms with van der Waals surface area (Å²) in [4.78, 5) is 9.11. The molecule has 0 radical (unpaired) electrons. The predicted octanol–water partition coefficient (Wildman–Crippen LogP) is 5.04. The Labute approximate surface area is 151 Å². The number of aryl methyl sites for hydroxylation is 1. The molecule has 0 saturated heterocycles. The second-order valence-corrected chi connectivity index (χ2v) is 6.50. The lowest BCUT2D eigenvalue weighted by Gasteiger charge is -2.27. The smallest absolute Gasteiger partial charge is 0.130 e. The summed E-state index contributed by atoms with van der Waals surface area (Å²) in [5.74, 6) is 2.42. The van der Waals surface area contributed by atoms with Crippen molar-refractivity contribution >= 4 is 17.4 Å². The highest BCUT2D eigenvalue weighted by Gasteiger charge is 2.22. The maximum atomic E-state index is 6.17. The molecule has 5 heteroatoms. The number of halogens is 1. The zero-order valence-corrected chi connectivity index (χ0v) is 14.6. The van der Waals surface area contributed by atoms with Crippen LogP contribution in [0.25, 0.3) is 11.3 Å². The van der Waals surface area contributed by atoms with Crippen molar-refractivity contribution in [1.82, 2.24) is 9.97 Å². The summed E-state index contributed by atoms with van der Waals surface area (Å²) in [5.41, 5.74) is 3.05. The van der Waals surface area contributed by atoms with E-state index in [9.17, 15) is 0 Å². The summed E-state index contributed by atoms with van der Waals surface area (Å²) < 4.78 is 5.73. The Hall–Kier alpha value is -2.59. The van der Waals surface area contributed by atoms with Gasteiger partial charge in [0.25, 0.3) is 0 Å².